The molecule has 0 aliphatic rings. The highest BCUT2D eigenvalue weighted by atomic mass is 16.6. The first kappa shape index (κ1) is 14.3. The predicted octanol–water partition coefficient (Wildman–Crippen LogP) is -0.999. The van der Waals surface area contributed by atoms with E-state index >= 15 is 0 Å². The van der Waals surface area contributed by atoms with E-state index in [2.05, 4.69) is 0 Å². The first-order valence-electron chi connectivity index (χ1n) is 4.89. The van der Waals surface area contributed by atoms with Gasteiger partial charge in [0.2, 0.25) is 0 Å². The Labute approximate surface area is 103 Å². The average molecular weight is 262 g/mol. The SMILES string of the molecule is OCOc1cc(OCO)c(OCO)cc1OCO. The third-order valence-electron chi connectivity index (χ3n) is 1.89. The first-order chi connectivity index (χ1) is 8.76. The van der Waals surface area contributed by atoms with Crippen LogP contribution in [0.4, 0.5) is 0 Å². The van der Waals surface area contributed by atoms with Crippen LogP contribution in [0.25, 0.3) is 0 Å². The highest BCUT2D eigenvalue weighted by Crippen LogP contribution is 2.39. The summed E-state index contributed by atoms with van der Waals surface area (Å²) in [4.78, 5) is 0. The maximum absolute atomic E-state index is 8.70. The van der Waals surface area contributed by atoms with Crippen molar-refractivity contribution in [2.75, 3.05) is 27.2 Å². The summed E-state index contributed by atoms with van der Waals surface area (Å²) in [5.74, 6) is 0.334. The van der Waals surface area contributed by atoms with Gasteiger partial charge in [-0.2, -0.15) is 0 Å². The molecule has 0 radical (unpaired) electrons. The summed E-state index contributed by atoms with van der Waals surface area (Å²) in [6.07, 6.45) is 0. The smallest absolute Gasteiger partial charge is 0.186 e. The summed E-state index contributed by atoms with van der Waals surface area (Å²) < 4.78 is 19.4. The molecule has 0 aliphatic heterocycles. The highest BCUT2D eigenvalue weighted by molar-refractivity contribution is 5.54. The van der Waals surface area contributed by atoms with E-state index in [-0.39, 0.29) is 23.0 Å². The Morgan fingerprint density at radius 1 is 0.556 bits per heavy atom. The van der Waals surface area contributed by atoms with E-state index < -0.39 is 27.2 Å². The van der Waals surface area contributed by atoms with Crippen molar-refractivity contribution in [1.82, 2.24) is 0 Å². The van der Waals surface area contributed by atoms with Crippen LogP contribution >= 0.6 is 0 Å². The van der Waals surface area contributed by atoms with E-state index in [1.807, 2.05) is 0 Å². The van der Waals surface area contributed by atoms with Crippen LogP contribution in [-0.2, 0) is 0 Å². The van der Waals surface area contributed by atoms with Crippen molar-refractivity contribution in [3.63, 3.8) is 0 Å². The monoisotopic (exact) mass is 262 g/mol. The molecule has 8 nitrogen and oxygen atoms in total. The number of aliphatic hydroxyl groups excluding tert-OH is 4. The molecule has 0 amide bonds. The number of benzene rings is 1. The second-order valence-corrected chi connectivity index (χ2v) is 2.84. The molecule has 4 N–H and O–H groups in total. The van der Waals surface area contributed by atoms with Crippen LogP contribution in [0.15, 0.2) is 12.1 Å². The number of aliphatic hydroxyl groups is 4. The number of ether oxygens (including phenoxy) is 4. The Hall–Kier alpha value is -1.74. The van der Waals surface area contributed by atoms with Crippen molar-refractivity contribution in [2.45, 2.75) is 0 Å². The summed E-state index contributed by atoms with van der Waals surface area (Å²) in [5.41, 5.74) is 0. The third kappa shape index (κ3) is 3.64. The topological polar surface area (TPSA) is 118 Å². The van der Waals surface area contributed by atoms with Gasteiger partial charge in [-0.3, -0.25) is 0 Å². The van der Waals surface area contributed by atoms with Gasteiger partial charge in [-0.1, -0.05) is 0 Å². The molecular weight excluding hydrogens is 248 g/mol. The van der Waals surface area contributed by atoms with Crippen LogP contribution in [0.1, 0.15) is 0 Å². The minimum Gasteiger partial charge on any atom is -0.464 e. The van der Waals surface area contributed by atoms with Crippen molar-refractivity contribution in [3.8, 4) is 23.0 Å². The fourth-order valence-corrected chi connectivity index (χ4v) is 1.25. The second kappa shape index (κ2) is 7.56. The second-order valence-electron chi connectivity index (χ2n) is 2.84. The lowest BCUT2D eigenvalue weighted by atomic mass is 10.2. The predicted molar refractivity (Wildman–Crippen MR) is 57.3 cm³/mol. The van der Waals surface area contributed by atoms with Gasteiger partial charge >= 0.3 is 0 Å². The minimum absolute atomic E-state index is 0.0836. The molecule has 1 aromatic carbocycles. The first-order valence-corrected chi connectivity index (χ1v) is 4.89. The van der Waals surface area contributed by atoms with Gasteiger partial charge in [0.15, 0.2) is 50.2 Å². The molecule has 0 atom stereocenters. The number of rotatable bonds is 8. The third-order valence-corrected chi connectivity index (χ3v) is 1.89. The van der Waals surface area contributed by atoms with Gasteiger partial charge in [0, 0.05) is 12.1 Å². The maximum Gasteiger partial charge on any atom is 0.186 e. The Kier molecular flexibility index (Phi) is 6.01. The fourth-order valence-electron chi connectivity index (χ4n) is 1.25. The molecule has 0 fully saturated rings. The van der Waals surface area contributed by atoms with Gasteiger partial charge in [0.1, 0.15) is 0 Å². The molecule has 0 bridgehead atoms. The molecule has 0 saturated heterocycles. The summed E-state index contributed by atoms with van der Waals surface area (Å²) in [6, 6.07) is 2.56. The molecule has 8 heteroatoms. The zero-order valence-corrected chi connectivity index (χ0v) is 9.40. The van der Waals surface area contributed by atoms with Crippen molar-refractivity contribution in [3.05, 3.63) is 12.1 Å². The van der Waals surface area contributed by atoms with Crippen LogP contribution in [-0.4, -0.2) is 47.6 Å². The van der Waals surface area contributed by atoms with E-state index in [0.717, 1.165) is 0 Å². The maximum atomic E-state index is 8.70. The summed E-state index contributed by atoms with van der Waals surface area (Å²) in [5, 5.41) is 34.8. The Bertz CT molecular complexity index is 301. The Morgan fingerprint density at radius 3 is 0.944 bits per heavy atom. The van der Waals surface area contributed by atoms with Crippen molar-refractivity contribution in [2.24, 2.45) is 0 Å². The van der Waals surface area contributed by atoms with Gasteiger partial charge in [-0.25, -0.2) is 0 Å². The Balaban J connectivity index is 3.11. The van der Waals surface area contributed by atoms with Gasteiger partial charge in [-0.15, -0.1) is 0 Å². The quantitative estimate of drug-likeness (QED) is 0.441. The van der Waals surface area contributed by atoms with Gasteiger partial charge in [0.25, 0.3) is 0 Å². The molecule has 0 spiro atoms. The molecule has 0 aromatic heterocycles. The van der Waals surface area contributed by atoms with E-state index in [0.29, 0.717) is 0 Å². The molecule has 0 heterocycles. The normalized spacial score (nSPS) is 10.0. The summed E-state index contributed by atoms with van der Waals surface area (Å²) in [7, 11) is 0. The van der Waals surface area contributed by atoms with Gasteiger partial charge in [-0.05, 0) is 0 Å². The zero-order valence-electron chi connectivity index (χ0n) is 9.40. The van der Waals surface area contributed by atoms with Crippen LogP contribution in [0.2, 0.25) is 0 Å². The number of hydrogen-bond donors (Lipinski definition) is 4. The summed E-state index contributed by atoms with van der Waals surface area (Å²) >= 11 is 0. The molecule has 18 heavy (non-hydrogen) atoms. The molecular formula is C10H14O8. The van der Waals surface area contributed by atoms with Gasteiger partial charge < -0.3 is 39.4 Å². The highest BCUT2D eigenvalue weighted by Gasteiger charge is 2.14. The molecule has 0 saturated carbocycles. The average Bonchev–Trinajstić information content (AvgIpc) is 2.35. The van der Waals surface area contributed by atoms with Crippen molar-refractivity contribution >= 4 is 0 Å². The molecule has 0 unspecified atom stereocenters. The zero-order chi connectivity index (χ0) is 13.4. The lowest BCUT2D eigenvalue weighted by molar-refractivity contribution is 0.0645. The van der Waals surface area contributed by atoms with E-state index in [1.165, 1.54) is 12.1 Å². The van der Waals surface area contributed by atoms with E-state index in [4.69, 9.17) is 39.4 Å². The van der Waals surface area contributed by atoms with Gasteiger partial charge in [0.05, 0.1) is 0 Å². The molecule has 1 rings (SSSR count). The van der Waals surface area contributed by atoms with Crippen LogP contribution in [0.3, 0.4) is 0 Å². The van der Waals surface area contributed by atoms with Crippen LogP contribution in [0, 0.1) is 0 Å². The molecule has 1 aromatic rings. The summed E-state index contributed by atoms with van der Waals surface area (Å²) in [6.45, 7) is -2.44. The van der Waals surface area contributed by atoms with E-state index in [1.54, 1.807) is 0 Å². The standard InChI is InChI=1S/C10H14O8/c11-3-15-7-1-8(16-4-12)10(18-6-14)2-9(7)17-5-13/h1-2,11-14H,3-6H2. The lowest BCUT2D eigenvalue weighted by Gasteiger charge is -2.15. The minimum atomic E-state index is -0.611. The van der Waals surface area contributed by atoms with Crippen molar-refractivity contribution in [1.29, 1.82) is 0 Å². The van der Waals surface area contributed by atoms with Crippen LogP contribution < -0.4 is 18.9 Å². The lowest BCUT2D eigenvalue weighted by Crippen LogP contribution is -2.05. The fraction of sp³-hybridized carbons (Fsp3) is 0.400. The van der Waals surface area contributed by atoms with Crippen LogP contribution in [0.5, 0.6) is 23.0 Å². The van der Waals surface area contributed by atoms with E-state index in [9.17, 15) is 0 Å². The largest absolute Gasteiger partial charge is 0.464 e. The number of hydrogen-bond acceptors (Lipinski definition) is 8. The van der Waals surface area contributed by atoms with Crippen molar-refractivity contribution < 1.29 is 39.4 Å². The Morgan fingerprint density at radius 2 is 0.778 bits per heavy atom. The molecule has 0 aliphatic carbocycles. The molecule has 102 valence electrons.